The number of nitrogens with zero attached hydrogens (tertiary/aromatic N) is 1. The lowest BCUT2D eigenvalue weighted by Gasteiger charge is -2.34. The molecule has 1 saturated heterocycles. The topological polar surface area (TPSA) is 75.7 Å². The lowest BCUT2D eigenvalue weighted by atomic mass is 9.86. The summed E-state index contributed by atoms with van der Waals surface area (Å²) >= 11 is 0. The summed E-state index contributed by atoms with van der Waals surface area (Å²) in [7, 11) is -3.56. The van der Waals surface area contributed by atoms with Crippen LogP contribution in [0.25, 0.3) is 0 Å². The minimum Gasteiger partial charge on any atom is -0.373 e. The summed E-state index contributed by atoms with van der Waals surface area (Å²) in [5, 5.41) is 2.93. The Morgan fingerprint density at radius 3 is 2.36 bits per heavy atom. The van der Waals surface area contributed by atoms with Crippen LogP contribution in [0.3, 0.4) is 0 Å². The standard InChI is InChI=1S/C21H30N2O4S/c1-14-12-23(13-15(2)27-14)28(25,26)20-7-5-19(6-8-20)22-21(24)11-18-10-16-3-4-17(18)9-16/h5-8,14-18H,3-4,9-13H2,1-2H3,(H,22,24)/t14-,15+,16-,17-,18-/m0/s1. The Balaban J connectivity index is 1.37. The molecule has 0 unspecified atom stereocenters. The summed E-state index contributed by atoms with van der Waals surface area (Å²) in [6.07, 6.45) is 5.42. The predicted molar refractivity (Wildman–Crippen MR) is 107 cm³/mol. The molecule has 3 aliphatic rings. The zero-order valence-corrected chi connectivity index (χ0v) is 17.5. The van der Waals surface area contributed by atoms with Crippen molar-refractivity contribution in [3.05, 3.63) is 24.3 Å². The van der Waals surface area contributed by atoms with Gasteiger partial charge in [0.05, 0.1) is 17.1 Å². The van der Waals surface area contributed by atoms with Crippen molar-refractivity contribution in [2.45, 2.75) is 63.1 Å². The molecule has 4 rings (SSSR count). The molecule has 2 bridgehead atoms. The molecule has 1 aromatic carbocycles. The fraction of sp³-hybridized carbons (Fsp3) is 0.667. The summed E-state index contributed by atoms with van der Waals surface area (Å²) in [4.78, 5) is 12.6. The second-order valence-corrected chi connectivity index (χ2v) is 10.7. The highest BCUT2D eigenvalue weighted by atomic mass is 32.2. The van der Waals surface area contributed by atoms with Gasteiger partial charge in [-0.15, -0.1) is 0 Å². The highest BCUT2D eigenvalue weighted by Crippen LogP contribution is 2.49. The Kier molecular flexibility index (Phi) is 5.51. The van der Waals surface area contributed by atoms with Gasteiger partial charge in [-0.2, -0.15) is 4.31 Å². The summed E-state index contributed by atoms with van der Waals surface area (Å²) < 4.78 is 32.9. The van der Waals surface area contributed by atoms with Gasteiger partial charge in [0, 0.05) is 25.2 Å². The number of rotatable bonds is 5. The Labute approximate surface area is 167 Å². The number of carbonyl (C=O) groups excluding carboxylic acids is 1. The van der Waals surface area contributed by atoms with Gasteiger partial charge < -0.3 is 10.1 Å². The van der Waals surface area contributed by atoms with Crippen LogP contribution in [-0.4, -0.2) is 43.9 Å². The first-order chi connectivity index (χ1) is 13.3. The van der Waals surface area contributed by atoms with Crippen molar-refractivity contribution in [3.8, 4) is 0 Å². The molecule has 0 aromatic heterocycles. The molecule has 2 aliphatic carbocycles. The van der Waals surface area contributed by atoms with E-state index in [9.17, 15) is 13.2 Å². The first-order valence-electron chi connectivity index (χ1n) is 10.4. The Morgan fingerprint density at radius 1 is 1.11 bits per heavy atom. The number of carbonyl (C=O) groups is 1. The van der Waals surface area contributed by atoms with E-state index < -0.39 is 10.0 Å². The van der Waals surface area contributed by atoms with Gasteiger partial charge >= 0.3 is 0 Å². The predicted octanol–water partition coefficient (Wildman–Crippen LogP) is 3.25. The third-order valence-electron chi connectivity index (χ3n) is 6.49. The van der Waals surface area contributed by atoms with Crippen molar-refractivity contribution >= 4 is 21.6 Å². The van der Waals surface area contributed by atoms with Crippen molar-refractivity contribution in [2.75, 3.05) is 18.4 Å². The normalized spacial score (nSPS) is 33.1. The van der Waals surface area contributed by atoms with E-state index in [2.05, 4.69) is 5.32 Å². The lowest BCUT2D eigenvalue weighted by molar-refractivity contribution is -0.117. The van der Waals surface area contributed by atoms with E-state index >= 15 is 0 Å². The highest BCUT2D eigenvalue weighted by Gasteiger charge is 2.40. The minimum atomic E-state index is -3.56. The zero-order chi connectivity index (χ0) is 19.9. The van der Waals surface area contributed by atoms with Gasteiger partial charge in [0.1, 0.15) is 0 Å². The summed E-state index contributed by atoms with van der Waals surface area (Å²) in [6.45, 7) is 4.48. The smallest absolute Gasteiger partial charge is 0.243 e. The number of fused-ring (bicyclic) bond motifs is 2. The van der Waals surface area contributed by atoms with Crippen LogP contribution in [0.1, 0.15) is 46.0 Å². The molecule has 1 aliphatic heterocycles. The molecular weight excluding hydrogens is 376 g/mol. The summed E-state index contributed by atoms with van der Waals surface area (Å²) in [5.74, 6) is 2.10. The van der Waals surface area contributed by atoms with Gasteiger partial charge in [-0.1, -0.05) is 6.42 Å². The van der Waals surface area contributed by atoms with Crippen molar-refractivity contribution in [1.82, 2.24) is 4.31 Å². The number of sulfonamides is 1. The molecule has 1 amide bonds. The van der Waals surface area contributed by atoms with Crippen LogP contribution in [0.4, 0.5) is 5.69 Å². The Bertz CT molecular complexity index is 813. The fourth-order valence-corrected chi connectivity index (χ4v) is 6.85. The monoisotopic (exact) mass is 406 g/mol. The van der Waals surface area contributed by atoms with Crippen LogP contribution in [0, 0.1) is 17.8 Å². The summed E-state index contributed by atoms with van der Waals surface area (Å²) in [6, 6.07) is 6.51. The first-order valence-corrected chi connectivity index (χ1v) is 11.8. The number of morpholine rings is 1. The van der Waals surface area contributed by atoms with E-state index in [1.54, 1.807) is 24.3 Å². The summed E-state index contributed by atoms with van der Waals surface area (Å²) in [5.41, 5.74) is 0.649. The Hall–Kier alpha value is -1.44. The van der Waals surface area contributed by atoms with Crippen molar-refractivity contribution < 1.29 is 17.9 Å². The van der Waals surface area contributed by atoms with Gasteiger partial charge in [-0.05, 0) is 75.1 Å². The largest absolute Gasteiger partial charge is 0.373 e. The lowest BCUT2D eigenvalue weighted by Crippen LogP contribution is -2.48. The minimum absolute atomic E-state index is 0.0315. The molecule has 7 heteroatoms. The molecule has 0 spiro atoms. The van der Waals surface area contributed by atoms with E-state index in [4.69, 9.17) is 4.74 Å². The van der Waals surface area contributed by atoms with Crippen LogP contribution >= 0.6 is 0 Å². The van der Waals surface area contributed by atoms with Crippen LogP contribution in [-0.2, 0) is 19.6 Å². The second-order valence-electron chi connectivity index (χ2n) is 8.79. The molecule has 2 saturated carbocycles. The third-order valence-corrected chi connectivity index (χ3v) is 8.34. The molecule has 154 valence electrons. The number of ether oxygens (including phenoxy) is 1. The molecule has 28 heavy (non-hydrogen) atoms. The average Bonchev–Trinajstić information content (AvgIpc) is 3.24. The molecule has 0 radical (unpaired) electrons. The number of anilines is 1. The molecule has 3 fully saturated rings. The maximum absolute atomic E-state index is 12.9. The highest BCUT2D eigenvalue weighted by molar-refractivity contribution is 7.89. The van der Waals surface area contributed by atoms with E-state index in [-0.39, 0.29) is 23.0 Å². The molecule has 1 N–H and O–H groups in total. The number of hydrogen-bond acceptors (Lipinski definition) is 4. The molecule has 1 aromatic rings. The van der Waals surface area contributed by atoms with Gasteiger partial charge in [0.15, 0.2) is 0 Å². The van der Waals surface area contributed by atoms with Crippen LogP contribution in [0.2, 0.25) is 0 Å². The SMILES string of the molecule is C[C@@H]1CN(S(=O)(=O)c2ccc(NC(=O)C[C@@H]3C[C@H]4CC[C@H]3C4)cc2)C[C@H](C)O1. The van der Waals surface area contributed by atoms with Gasteiger partial charge in [-0.25, -0.2) is 8.42 Å². The van der Waals surface area contributed by atoms with Crippen molar-refractivity contribution in [3.63, 3.8) is 0 Å². The maximum Gasteiger partial charge on any atom is 0.243 e. The molecule has 1 heterocycles. The number of benzene rings is 1. The number of amides is 1. The molecule has 5 atom stereocenters. The van der Waals surface area contributed by atoms with Crippen LogP contribution in [0.15, 0.2) is 29.2 Å². The quantitative estimate of drug-likeness (QED) is 0.814. The van der Waals surface area contributed by atoms with Gasteiger partial charge in [0.2, 0.25) is 15.9 Å². The van der Waals surface area contributed by atoms with E-state index in [0.29, 0.717) is 31.1 Å². The molecule has 6 nitrogen and oxygen atoms in total. The van der Waals surface area contributed by atoms with Crippen LogP contribution < -0.4 is 5.32 Å². The second kappa shape index (κ2) is 7.76. The molecular formula is C21H30N2O4S. The van der Waals surface area contributed by atoms with Crippen LogP contribution in [0.5, 0.6) is 0 Å². The Morgan fingerprint density at radius 2 is 1.79 bits per heavy atom. The average molecular weight is 407 g/mol. The van der Waals surface area contributed by atoms with E-state index in [1.165, 1.54) is 30.0 Å². The van der Waals surface area contributed by atoms with Gasteiger partial charge in [-0.3, -0.25) is 4.79 Å². The van der Waals surface area contributed by atoms with Crippen molar-refractivity contribution in [2.24, 2.45) is 17.8 Å². The van der Waals surface area contributed by atoms with E-state index in [0.717, 1.165) is 11.8 Å². The zero-order valence-electron chi connectivity index (χ0n) is 16.6. The van der Waals surface area contributed by atoms with E-state index in [1.807, 2.05) is 13.8 Å². The first kappa shape index (κ1) is 19.9. The van der Waals surface area contributed by atoms with Gasteiger partial charge in [0.25, 0.3) is 0 Å². The number of nitrogens with one attached hydrogen (secondary N) is 1. The van der Waals surface area contributed by atoms with Crippen molar-refractivity contribution in [1.29, 1.82) is 0 Å². The fourth-order valence-electron chi connectivity index (χ4n) is 5.26. The third kappa shape index (κ3) is 4.11. The maximum atomic E-state index is 12.9. The number of hydrogen-bond donors (Lipinski definition) is 1.